The molecule has 0 aliphatic heterocycles. The predicted molar refractivity (Wildman–Crippen MR) is 130 cm³/mol. The Morgan fingerprint density at radius 2 is 2.00 bits per heavy atom. The van der Waals surface area contributed by atoms with Crippen molar-refractivity contribution in [1.82, 2.24) is 20.1 Å². The maximum absolute atomic E-state index is 12.6. The zero-order valence-electron chi connectivity index (χ0n) is 19.8. The van der Waals surface area contributed by atoms with Crippen LogP contribution < -0.4 is 15.4 Å². The lowest BCUT2D eigenvalue weighted by Gasteiger charge is -2.26. The summed E-state index contributed by atoms with van der Waals surface area (Å²) in [7, 11) is 1.67. The summed E-state index contributed by atoms with van der Waals surface area (Å²) in [5, 5.41) is 16.1. The molecule has 1 amide bonds. The van der Waals surface area contributed by atoms with E-state index in [2.05, 4.69) is 39.2 Å². The summed E-state index contributed by atoms with van der Waals surface area (Å²) in [6.07, 6.45) is 6.98. The van der Waals surface area contributed by atoms with Gasteiger partial charge in [0.25, 0.3) is 0 Å². The lowest BCUT2D eigenvalue weighted by molar-refractivity contribution is -0.120. The third-order valence-electron chi connectivity index (χ3n) is 5.87. The highest BCUT2D eigenvalue weighted by atomic mass is 32.2. The van der Waals surface area contributed by atoms with Crippen LogP contribution in [0.25, 0.3) is 0 Å². The number of carbonyl (C=O) groups is 1. The normalized spacial score (nSPS) is 15.5. The van der Waals surface area contributed by atoms with Gasteiger partial charge in [-0.15, -0.1) is 10.2 Å². The number of hydrogen-bond acceptors (Lipinski definition) is 6. The van der Waals surface area contributed by atoms with Gasteiger partial charge >= 0.3 is 0 Å². The molecule has 7 nitrogen and oxygen atoms in total. The first-order chi connectivity index (χ1) is 15.5. The molecule has 1 aromatic carbocycles. The van der Waals surface area contributed by atoms with Crippen LogP contribution in [0.3, 0.4) is 0 Å². The van der Waals surface area contributed by atoms with E-state index < -0.39 is 0 Å². The molecule has 2 N–H and O–H groups in total. The molecule has 1 unspecified atom stereocenters. The Bertz CT molecular complexity index is 864. The Labute approximate surface area is 196 Å². The first-order valence-corrected chi connectivity index (χ1v) is 12.6. The molecule has 3 rings (SSSR count). The number of anilines is 1. The summed E-state index contributed by atoms with van der Waals surface area (Å²) in [6, 6.07) is 8.27. The van der Waals surface area contributed by atoms with Crippen LogP contribution in [0.15, 0.2) is 29.4 Å². The van der Waals surface area contributed by atoms with Crippen molar-refractivity contribution in [2.75, 3.05) is 19.0 Å². The van der Waals surface area contributed by atoms with E-state index in [4.69, 9.17) is 4.74 Å². The van der Waals surface area contributed by atoms with Gasteiger partial charge in [-0.3, -0.25) is 4.79 Å². The van der Waals surface area contributed by atoms with E-state index in [1.807, 2.05) is 31.2 Å². The van der Waals surface area contributed by atoms with Crippen LogP contribution >= 0.6 is 11.8 Å². The lowest BCUT2D eigenvalue weighted by Crippen LogP contribution is -2.32. The number of nitrogens with zero attached hydrogens (tertiary/aromatic N) is 3. The molecule has 176 valence electrons. The van der Waals surface area contributed by atoms with Gasteiger partial charge in [0.05, 0.1) is 18.9 Å². The van der Waals surface area contributed by atoms with E-state index in [9.17, 15) is 4.79 Å². The Kier molecular flexibility index (Phi) is 9.26. The number of aromatic nitrogens is 3. The molecule has 1 saturated carbocycles. The highest BCUT2D eigenvalue weighted by molar-refractivity contribution is 8.00. The average molecular weight is 460 g/mol. The molecule has 0 radical (unpaired) electrons. The van der Waals surface area contributed by atoms with E-state index in [-0.39, 0.29) is 11.2 Å². The van der Waals surface area contributed by atoms with Gasteiger partial charge in [-0.05, 0) is 44.2 Å². The molecule has 1 aliphatic rings. The minimum absolute atomic E-state index is 0.0601. The second-order valence-electron chi connectivity index (χ2n) is 8.88. The van der Waals surface area contributed by atoms with E-state index in [1.165, 1.54) is 31.0 Å². The molecule has 32 heavy (non-hydrogen) atoms. The minimum Gasteiger partial charge on any atom is -0.497 e. The highest BCUT2D eigenvalue weighted by Crippen LogP contribution is 2.34. The molecule has 1 aliphatic carbocycles. The van der Waals surface area contributed by atoms with Gasteiger partial charge in [0, 0.05) is 24.3 Å². The van der Waals surface area contributed by atoms with Gasteiger partial charge in [-0.1, -0.05) is 50.9 Å². The van der Waals surface area contributed by atoms with Crippen LogP contribution in [0, 0.1) is 5.92 Å². The molecule has 1 atom stereocenters. The summed E-state index contributed by atoms with van der Waals surface area (Å²) >= 11 is 1.51. The minimum atomic E-state index is -0.215. The molecule has 1 fully saturated rings. The zero-order chi connectivity index (χ0) is 22.9. The Hall–Kier alpha value is -2.22. The third kappa shape index (κ3) is 6.89. The van der Waals surface area contributed by atoms with Crippen molar-refractivity contribution >= 4 is 23.4 Å². The molecular formula is C24H37N5O2S. The molecule has 2 aromatic rings. The summed E-state index contributed by atoms with van der Waals surface area (Å²) < 4.78 is 7.60. The SMILES string of the molecule is COc1cccc(NCc2nnc(SC(C)C(=O)NCCC(C)C)n2C2CCCCC2)c1. The summed E-state index contributed by atoms with van der Waals surface area (Å²) in [4.78, 5) is 12.6. The molecule has 0 saturated heterocycles. The number of amides is 1. The standard InChI is InChI=1S/C24H37N5O2S/c1-17(2)13-14-25-23(30)18(3)32-24-28-27-22(29(24)20-10-6-5-7-11-20)16-26-19-9-8-12-21(15-19)31-4/h8-9,12,15,17-18,20,26H,5-7,10-11,13-14,16H2,1-4H3,(H,25,30). The Morgan fingerprint density at radius 1 is 1.22 bits per heavy atom. The van der Waals surface area contributed by atoms with Crippen LogP contribution in [0.5, 0.6) is 5.75 Å². The van der Waals surface area contributed by atoms with E-state index in [0.29, 0.717) is 25.0 Å². The first-order valence-electron chi connectivity index (χ1n) is 11.7. The fraction of sp³-hybridized carbons (Fsp3) is 0.625. The topological polar surface area (TPSA) is 81.1 Å². The number of methoxy groups -OCH3 is 1. The molecule has 0 spiro atoms. The van der Waals surface area contributed by atoms with Crippen LogP contribution in [-0.2, 0) is 11.3 Å². The second-order valence-corrected chi connectivity index (χ2v) is 10.2. The van der Waals surface area contributed by atoms with Crippen molar-refractivity contribution in [3.05, 3.63) is 30.1 Å². The van der Waals surface area contributed by atoms with Crippen molar-refractivity contribution in [2.45, 2.75) is 82.3 Å². The summed E-state index contributed by atoms with van der Waals surface area (Å²) in [5.41, 5.74) is 0.981. The molecule has 8 heteroatoms. The second kappa shape index (κ2) is 12.1. The zero-order valence-corrected chi connectivity index (χ0v) is 20.6. The van der Waals surface area contributed by atoms with Gasteiger partial charge in [0.1, 0.15) is 5.75 Å². The number of ether oxygens (including phenoxy) is 1. The van der Waals surface area contributed by atoms with Crippen LogP contribution in [0.2, 0.25) is 0 Å². The largest absolute Gasteiger partial charge is 0.497 e. The highest BCUT2D eigenvalue weighted by Gasteiger charge is 2.25. The Balaban J connectivity index is 1.71. The predicted octanol–water partition coefficient (Wildman–Crippen LogP) is 5.05. The summed E-state index contributed by atoms with van der Waals surface area (Å²) in [6.45, 7) is 7.57. The number of rotatable bonds is 11. The molecule has 1 aromatic heterocycles. The van der Waals surface area contributed by atoms with Crippen LogP contribution in [-0.4, -0.2) is 39.6 Å². The Morgan fingerprint density at radius 3 is 2.72 bits per heavy atom. The first kappa shape index (κ1) is 24.4. The van der Waals surface area contributed by atoms with Crippen molar-refractivity contribution in [3.8, 4) is 5.75 Å². The number of thioether (sulfide) groups is 1. The van der Waals surface area contributed by atoms with Gasteiger partial charge in [-0.2, -0.15) is 0 Å². The van der Waals surface area contributed by atoms with Crippen LogP contribution in [0.1, 0.15) is 71.2 Å². The maximum atomic E-state index is 12.6. The number of carbonyl (C=O) groups excluding carboxylic acids is 1. The molecule has 0 bridgehead atoms. The van der Waals surface area contributed by atoms with Crippen molar-refractivity contribution < 1.29 is 9.53 Å². The average Bonchev–Trinajstić information content (AvgIpc) is 3.20. The van der Waals surface area contributed by atoms with Crippen LogP contribution in [0.4, 0.5) is 5.69 Å². The van der Waals surface area contributed by atoms with E-state index >= 15 is 0 Å². The monoisotopic (exact) mass is 459 g/mol. The third-order valence-corrected chi connectivity index (χ3v) is 6.92. The summed E-state index contributed by atoms with van der Waals surface area (Å²) in [5.74, 6) is 2.36. The number of hydrogen-bond donors (Lipinski definition) is 2. The van der Waals surface area contributed by atoms with E-state index in [1.54, 1.807) is 7.11 Å². The molecular weight excluding hydrogens is 422 g/mol. The lowest BCUT2D eigenvalue weighted by atomic mass is 9.95. The van der Waals surface area contributed by atoms with E-state index in [0.717, 1.165) is 41.7 Å². The van der Waals surface area contributed by atoms with Crippen molar-refractivity contribution in [1.29, 1.82) is 0 Å². The van der Waals surface area contributed by atoms with Gasteiger partial charge in [-0.25, -0.2) is 0 Å². The fourth-order valence-electron chi connectivity index (χ4n) is 3.97. The number of nitrogens with one attached hydrogen (secondary N) is 2. The smallest absolute Gasteiger partial charge is 0.233 e. The maximum Gasteiger partial charge on any atom is 0.233 e. The number of benzene rings is 1. The quantitative estimate of drug-likeness (QED) is 0.458. The van der Waals surface area contributed by atoms with Gasteiger partial charge < -0.3 is 19.9 Å². The van der Waals surface area contributed by atoms with Gasteiger partial charge in [0.2, 0.25) is 5.91 Å². The van der Waals surface area contributed by atoms with Crippen molar-refractivity contribution in [2.24, 2.45) is 5.92 Å². The van der Waals surface area contributed by atoms with Crippen molar-refractivity contribution in [3.63, 3.8) is 0 Å². The fourth-order valence-corrected chi connectivity index (χ4v) is 4.93. The van der Waals surface area contributed by atoms with Gasteiger partial charge in [0.15, 0.2) is 11.0 Å². The molecule has 1 heterocycles.